The molecule has 0 bridgehead atoms. The van der Waals surface area contributed by atoms with Crippen LogP contribution in [0.3, 0.4) is 0 Å². The standard InChI is InChI=1S/C28H27NS/c1-17-10-18(2)12-22(11-17)26-27-23(8-9-29-26)24-14-21-13-19(16-28(3,4)5)6-7-20(21)15-25(24)30-27/h6-15H,16H2,1-5H3. The summed E-state index contributed by atoms with van der Waals surface area (Å²) in [7, 11) is 0. The molecule has 0 spiro atoms. The number of thiophene rings is 1. The van der Waals surface area contributed by atoms with Gasteiger partial charge in [0.15, 0.2) is 0 Å². The lowest BCUT2D eigenvalue weighted by Gasteiger charge is -2.18. The van der Waals surface area contributed by atoms with Gasteiger partial charge in [0.05, 0.1) is 10.4 Å². The van der Waals surface area contributed by atoms with E-state index in [0.29, 0.717) is 5.41 Å². The first-order valence-electron chi connectivity index (χ1n) is 10.6. The summed E-state index contributed by atoms with van der Waals surface area (Å²) in [5, 5.41) is 5.28. The van der Waals surface area contributed by atoms with Gasteiger partial charge in [0.2, 0.25) is 0 Å². The Bertz CT molecular complexity index is 1400. The van der Waals surface area contributed by atoms with Gasteiger partial charge in [0.25, 0.3) is 0 Å². The number of nitrogens with zero attached hydrogens (tertiary/aromatic N) is 1. The SMILES string of the molecule is Cc1cc(C)cc(-c2nccc3c2sc2cc4ccc(CC(C)(C)C)cc4cc23)c1. The maximum atomic E-state index is 4.79. The van der Waals surface area contributed by atoms with E-state index in [4.69, 9.17) is 4.98 Å². The van der Waals surface area contributed by atoms with Gasteiger partial charge in [-0.1, -0.05) is 56.2 Å². The predicted octanol–water partition coefficient (Wildman–Crippen LogP) is 8.48. The highest BCUT2D eigenvalue weighted by Crippen LogP contribution is 2.41. The van der Waals surface area contributed by atoms with Crippen molar-refractivity contribution in [2.45, 2.75) is 41.0 Å². The molecule has 0 radical (unpaired) electrons. The smallest absolute Gasteiger partial charge is 0.0880 e. The molecule has 30 heavy (non-hydrogen) atoms. The van der Waals surface area contributed by atoms with E-state index in [1.54, 1.807) is 0 Å². The molecule has 0 saturated heterocycles. The van der Waals surface area contributed by atoms with Crippen LogP contribution in [0.2, 0.25) is 0 Å². The van der Waals surface area contributed by atoms with Crippen molar-refractivity contribution < 1.29 is 0 Å². The third-order valence-electron chi connectivity index (χ3n) is 5.64. The average Bonchev–Trinajstić information content (AvgIpc) is 3.01. The van der Waals surface area contributed by atoms with E-state index in [0.717, 1.165) is 12.1 Å². The largest absolute Gasteiger partial charge is 0.255 e. The number of benzene rings is 3. The Morgan fingerprint density at radius 2 is 1.57 bits per heavy atom. The van der Waals surface area contributed by atoms with Gasteiger partial charge in [0.1, 0.15) is 0 Å². The minimum atomic E-state index is 0.291. The Morgan fingerprint density at radius 3 is 2.30 bits per heavy atom. The fourth-order valence-electron chi connectivity index (χ4n) is 4.53. The van der Waals surface area contributed by atoms with E-state index >= 15 is 0 Å². The number of fused-ring (bicyclic) bond motifs is 4. The van der Waals surface area contributed by atoms with Crippen LogP contribution in [0, 0.1) is 19.3 Å². The van der Waals surface area contributed by atoms with Crippen molar-refractivity contribution in [2.24, 2.45) is 5.41 Å². The number of aromatic nitrogens is 1. The maximum Gasteiger partial charge on any atom is 0.0880 e. The summed E-state index contributed by atoms with van der Waals surface area (Å²) >= 11 is 1.86. The van der Waals surface area contributed by atoms with Crippen molar-refractivity contribution in [3.63, 3.8) is 0 Å². The Balaban J connectivity index is 1.73. The van der Waals surface area contributed by atoms with Crippen LogP contribution in [0.5, 0.6) is 0 Å². The second-order valence-corrected chi connectivity index (χ2v) is 10.8. The molecule has 0 N–H and O–H groups in total. The van der Waals surface area contributed by atoms with Crippen LogP contribution >= 0.6 is 11.3 Å². The van der Waals surface area contributed by atoms with E-state index in [1.165, 1.54) is 53.2 Å². The number of rotatable bonds is 2. The highest BCUT2D eigenvalue weighted by Gasteiger charge is 2.15. The van der Waals surface area contributed by atoms with Gasteiger partial charge in [-0.2, -0.15) is 0 Å². The summed E-state index contributed by atoms with van der Waals surface area (Å²) in [6.07, 6.45) is 3.05. The molecule has 2 aromatic heterocycles. The molecular weight excluding hydrogens is 382 g/mol. The summed E-state index contributed by atoms with van der Waals surface area (Å²) in [5.41, 5.74) is 6.56. The predicted molar refractivity (Wildman–Crippen MR) is 133 cm³/mol. The monoisotopic (exact) mass is 409 g/mol. The molecule has 0 aliphatic heterocycles. The molecule has 0 saturated carbocycles. The van der Waals surface area contributed by atoms with Crippen LogP contribution in [-0.2, 0) is 6.42 Å². The topological polar surface area (TPSA) is 12.9 Å². The van der Waals surface area contributed by atoms with Gasteiger partial charge in [0, 0.05) is 27.2 Å². The zero-order valence-electron chi connectivity index (χ0n) is 18.3. The van der Waals surface area contributed by atoms with Crippen molar-refractivity contribution in [3.8, 4) is 11.3 Å². The van der Waals surface area contributed by atoms with Crippen LogP contribution in [0.15, 0.2) is 60.8 Å². The Hall–Kier alpha value is -2.71. The fraction of sp³-hybridized carbons (Fsp3) is 0.250. The fourth-order valence-corrected chi connectivity index (χ4v) is 5.77. The molecule has 0 aliphatic rings. The van der Waals surface area contributed by atoms with Gasteiger partial charge in [-0.15, -0.1) is 11.3 Å². The molecule has 0 unspecified atom stereocenters. The molecule has 150 valence electrons. The molecule has 3 aromatic carbocycles. The highest BCUT2D eigenvalue weighted by molar-refractivity contribution is 7.26. The first-order valence-corrected chi connectivity index (χ1v) is 11.4. The van der Waals surface area contributed by atoms with E-state index < -0.39 is 0 Å². The third kappa shape index (κ3) is 3.50. The molecule has 0 atom stereocenters. The van der Waals surface area contributed by atoms with Crippen molar-refractivity contribution in [1.29, 1.82) is 0 Å². The highest BCUT2D eigenvalue weighted by atomic mass is 32.1. The van der Waals surface area contributed by atoms with Gasteiger partial charge < -0.3 is 0 Å². The molecule has 1 nitrogen and oxygen atoms in total. The molecule has 0 aliphatic carbocycles. The van der Waals surface area contributed by atoms with Gasteiger partial charge in [-0.25, -0.2) is 0 Å². The van der Waals surface area contributed by atoms with Gasteiger partial charge in [-0.3, -0.25) is 4.98 Å². The molecule has 0 fully saturated rings. The summed E-state index contributed by atoms with van der Waals surface area (Å²) in [5.74, 6) is 0. The molecule has 2 heterocycles. The minimum Gasteiger partial charge on any atom is -0.255 e. The molecule has 2 heteroatoms. The number of hydrogen-bond donors (Lipinski definition) is 0. The Kier molecular flexibility index (Phi) is 4.44. The number of hydrogen-bond acceptors (Lipinski definition) is 2. The first kappa shape index (κ1) is 19.3. The minimum absolute atomic E-state index is 0.291. The van der Waals surface area contributed by atoms with E-state index in [9.17, 15) is 0 Å². The summed E-state index contributed by atoms with van der Waals surface area (Å²) in [6, 6.07) is 20.5. The lowest BCUT2D eigenvalue weighted by Crippen LogP contribution is -2.08. The van der Waals surface area contributed by atoms with E-state index in [-0.39, 0.29) is 0 Å². The van der Waals surface area contributed by atoms with Crippen molar-refractivity contribution in [3.05, 3.63) is 77.5 Å². The van der Waals surface area contributed by atoms with Crippen molar-refractivity contribution in [1.82, 2.24) is 4.98 Å². The lowest BCUT2D eigenvalue weighted by molar-refractivity contribution is 0.411. The van der Waals surface area contributed by atoms with Crippen molar-refractivity contribution >= 4 is 42.3 Å². The zero-order chi connectivity index (χ0) is 21.0. The van der Waals surface area contributed by atoms with Gasteiger partial charge in [-0.05, 0) is 72.4 Å². The molecular formula is C28H27NS. The number of pyridine rings is 1. The lowest BCUT2D eigenvalue weighted by atomic mass is 9.87. The van der Waals surface area contributed by atoms with Crippen molar-refractivity contribution in [2.75, 3.05) is 0 Å². The van der Waals surface area contributed by atoms with E-state index in [2.05, 4.69) is 89.2 Å². The van der Waals surface area contributed by atoms with Crippen LogP contribution in [0.1, 0.15) is 37.5 Å². The van der Waals surface area contributed by atoms with Crippen LogP contribution in [-0.4, -0.2) is 4.98 Å². The molecule has 5 aromatic rings. The molecule has 5 rings (SSSR count). The summed E-state index contributed by atoms with van der Waals surface area (Å²) in [6.45, 7) is 11.2. The zero-order valence-corrected chi connectivity index (χ0v) is 19.2. The summed E-state index contributed by atoms with van der Waals surface area (Å²) < 4.78 is 2.61. The average molecular weight is 410 g/mol. The second kappa shape index (κ2) is 6.92. The quantitative estimate of drug-likeness (QED) is 0.285. The number of aryl methyl sites for hydroxylation is 2. The van der Waals surface area contributed by atoms with Crippen LogP contribution in [0.25, 0.3) is 42.2 Å². The third-order valence-corrected chi connectivity index (χ3v) is 6.81. The second-order valence-electron chi connectivity index (χ2n) is 9.78. The van der Waals surface area contributed by atoms with Gasteiger partial charge >= 0.3 is 0 Å². The summed E-state index contributed by atoms with van der Waals surface area (Å²) in [4.78, 5) is 4.79. The Labute approximate surface area is 182 Å². The normalized spacial score (nSPS) is 12.3. The molecule has 0 amide bonds. The first-order chi connectivity index (χ1) is 14.3. The van der Waals surface area contributed by atoms with Crippen LogP contribution < -0.4 is 0 Å². The van der Waals surface area contributed by atoms with Crippen LogP contribution in [0.4, 0.5) is 0 Å². The van der Waals surface area contributed by atoms with E-state index in [1.807, 2.05) is 17.5 Å². The Morgan fingerprint density at radius 1 is 0.800 bits per heavy atom. The maximum absolute atomic E-state index is 4.79.